The third-order valence-electron chi connectivity index (χ3n) is 0.957. The average molecular weight is 114 g/mol. The van der Waals surface area contributed by atoms with E-state index < -0.39 is 0 Å². The monoisotopic (exact) mass is 114 g/mol. The van der Waals surface area contributed by atoms with Crippen molar-refractivity contribution in [1.82, 2.24) is 0 Å². The summed E-state index contributed by atoms with van der Waals surface area (Å²) in [7, 11) is 1.19. The number of unbranched alkanes of at least 4 members (excludes halogenated alkanes) is 1. The van der Waals surface area contributed by atoms with Gasteiger partial charge in [0, 0.05) is 10.2 Å². The van der Waals surface area contributed by atoms with Crippen LogP contribution in [0.2, 0.25) is 0 Å². The van der Waals surface area contributed by atoms with Crippen molar-refractivity contribution in [3.05, 3.63) is 11.8 Å². The summed E-state index contributed by atoms with van der Waals surface area (Å²) in [6, 6.07) is 0. The molecular weight excluding hydrogens is 100 g/mol. The summed E-state index contributed by atoms with van der Waals surface area (Å²) < 4.78 is 0. The fourth-order valence-corrected chi connectivity index (χ4v) is 0.832. The molecule has 0 aliphatic heterocycles. The van der Waals surface area contributed by atoms with Crippen molar-refractivity contribution in [2.75, 3.05) is 0 Å². The Kier molecular flexibility index (Phi) is 4.10. The average Bonchev–Trinajstić information content (AvgIpc) is 1.61. The van der Waals surface area contributed by atoms with E-state index in [1.165, 1.54) is 34.7 Å². The van der Waals surface area contributed by atoms with Crippen LogP contribution in [0.25, 0.3) is 0 Å². The molecule has 1 heteroatoms. The Morgan fingerprint density at radius 1 is 1.71 bits per heavy atom. The third kappa shape index (κ3) is 5.96. The molecule has 0 saturated carbocycles. The van der Waals surface area contributed by atoms with Crippen molar-refractivity contribution in [3.63, 3.8) is 0 Å². The van der Waals surface area contributed by atoms with Crippen LogP contribution in [0.4, 0.5) is 0 Å². The van der Waals surface area contributed by atoms with Crippen molar-refractivity contribution >= 4 is 10.2 Å². The molecule has 0 aromatic carbocycles. The van der Waals surface area contributed by atoms with Crippen LogP contribution in [0, 0.1) is 0 Å². The van der Waals surface area contributed by atoms with E-state index in [9.17, 15) is 0 Å². The maximum atomic E-state index is 3.85. The van der Waals surface area contributed by atoms with Gasteiger partial charge in [-0.25, -0.2) is 0 Å². The van der Waals surface area contributed by atoms with Crippen LogP contribution in [-0.4, -0.2) is 10.2 Å². The van der Waals surface area contributed by atoms with Gasteiger partial charge >= 0.3 is 0 Å². The molecule has 0 fully saturated rings. The van der Waals surface area contributed by atoms with Gasteiger partial charge in [-0.3, -0.25) is 0 Å². The Bertz CT molecular complexity index is 57.2. The molecule has 0 spiro atoms. The standard InChI is InChI=1S/C6H14Si/c1-3-4-5-6(2)7/h2-5H2,1,7H3. The van der Waals surface area contributed by atoms with Crippen LogP contribution in [0.15, 0.2) is 11.8 Å². The quantitative estimate of drug-likeness (QED) is 0.481. The molecule has 0 unspecified atom stereocenters. The van der Waals surface area contributed by atoms with E-state index in [4.69, 9.17) is 0 Å². The van der Waals surface area contributed by atoms with E-state index in [0.717, 1.165) is 0 Å². The molecule has 0 atom stereocenters. The van der Waals surface area contributed by atoms with Gasteiger partial charge < -0.3 is 0 Å². The minimum Gasteiger partial charge on any atom is -0.105 e. The van der Waals surface area contributed by atoms with E-state index in [2.05, 4.69) is 13.5 Å². The molecule has 0 saturated heterocycles. The molecule has 0 nitrogen and oxygen atoms in total. The third-order valence-corrected chi connectivity index (χ3v) is 1.46. The molecular formula is C6H14Si. The van der Waals surface area contributed by atoms with E-state index >= 15 is 0 Å². The van der Waals surface area contributed by atoms with Crippen molar-refractivity contribution in [1.29, 1.82) is 0 Å². The topological polar surface area (TPSA) is 0 Å². The van der Waals surface area contributed by atoms with Gasteiger partial charge in [-0.05, 0) is 6.42 Å². The summed E-state index contributed by atoms with van der Waals surface area (Å²) in [5, 5.41) is 1.45. The lowest BCUT2D eigenvalue weighted by Crippen LogP contribution is -1.76. The Labute approximate surface area is 49.0 Å². The second kappa shape index (κ2) is 4.12. The highest BCUT2D eigenvalue weighted by atomic mass is 28.1. The van der Waals surface area contributed by atoms with Gasteiger partial charge in [0.05, 0.1) is 0 Å². The molecule has 0 amide bonds. The molecule has 0 aliphatic rings. The highest BCUT2D eigenvalue weighted by molar-refractivity contribution is 6.21. The molecule has 0 aromatic rings. The van der Waals surface area contributed by atoms with E-state index in [0.29, 0.717) is 0 Å². The van der Waals surface area contributed by atoms with Crippen LogP contribution in [0.1, 0.15) is 26.2 Å². The predicted octanol–water partition coefficient (Wildman–Crippen LogP) is 1.06. The fraction of sp³-hybridized carbons (Fsp3) is 0.667. The zero-order valence-corrected chi connectivity index (χ0v) is 7.33. The summed E-state index contributed by atoms with van der Waals surface area (Å²) in [5.41, 5.74) is 0. The first-order valence-corrected chi connectivity index (χ1v) is 3.91. The van der Waals surface area contributed by atoms with Gasteiger partial charge in [0.25, 0.3) is 0 Å². The first-order chi connectivity index (χ1) is 3.27. The summed E-state index contributed by atoms with van der Waals surface area (Å²) >= 11 is 0. The first-order valence-electron chi connectivity index (χ1n) is 2.91. The zero-order chi connectivity index (χ0) is 5.70. The predicted molar refractivity (Wildman–Crippen MR) is 38.6 cm³/mol. The minimum absolute atomic E-state index is 1.19. The second-order valence-corrected chi connectivity index (χ2v) is 3.47. The van der Waals surface area contributed by atoms with Gasteiger partial charge in [0.1, 0.15) is 0 Å². The molecule has 0 bridgehead atoms. The smallest absolute Gasteiger partial charge is 0.0325 e. The van der Waals surface area contributed by atoms with Crippen molar-refractivity contribution in [2.45, 2.75) is 26.2 Å². The van der Waals surface area contributed by atoms with Gasteiger partial charge in [0.2, 0.25) is 0 Å². The number of hydrogen-bond donors (Lipinski definition) is 0. The fourth-order valence-electron chi connectivity index (χ4n) is 0.479. The molecule has 0 N–H and O–H groups in total. The van der Waals surface area contributed by atoms with Crippen molar-refractivity contribution < 1.29 is 0 Å². The Morgan fingerprint density at radius 3 is 2.43 bits per heavy atom. The lowest BCUT2D eigenvalue weighted by atomic mass is 10.2. The van der Waals surface area contributed by atoms with Crippen molar-refractivity contribution in [3.8, 4) is 0 Å². The van der Waals surface area contributed by atoms with Gasteiger partial charge in [-0.1, -0.05) is 25.0 Å². The Balaban J connectivity index is 2.82. The zero-order valence-electron chi connectivity index (χ0n) is 5.33. The van der Waals surface area contributed by atoms with Crippen LogP contribution >= 0.6 is 0 Å². The van der Waals surface area contributed by atoms with Crippen LogP contribution in [-0.2, 0) is 0 Å². The van der Waals surface area contributed by atoms with Crippen LogP contribution in [0.5, 0.6) is 0 Å². The maximum absolute atomic E-state index is 3.85. The number of hydrogen-bond acceptors (Lipinski definition) is 0. The van der Waals surface area contributed by atoms with E-state index in [-0.39, 0.29) is 0 Å². The van der Waals surface area contributed by atoms with Crippen molar-refractivity contribution in [2.24, 2.45) is 0 Å². The van der Waals surface area contributed by atoms with E-state index in [1.807, 2.05) is 0 Å². The SMILES string of the molecule is C=C([SiH3])CCCC. The molecule has 0 heterocycles. The molecule has 7 heavy (non-hydrogen) atoms. The number of rotatable bonds is 3. The largest absolute Gasteiger partial charge is 0.105 e. The molecule has 42 valence electrons. The minimum atomic E-state index is 1.19. The molecule has 0 rings (SSSR count). The first kappa shape index (κ1) is 6.96. The summed E-state index contributed by atoms with van der Waals surface area (Å²) in [5.74, 6) is 0. The highest BCUT2D eigenvalue weighted by Gasteiger charge is 1.81. The van der Waals surface area contributed by atoms with Gasteiger partial charge in [-0.15, -0.1) is 6.58 Å². The Hall–Kier alpha value is -0.0431. The lowest BCUT2D eigenvalue weighted by molar-refractivity contribution is 0.808. The molecule has 0 radical (unpaired) electrons. The van der Waals surface area contributed by atoms with E-state index in [1.54, 1.807) is 0 Å². The highest BCUT2D eigenvalue weighted by Crippen LogP contribution is 1.98. The lowest BCUT2D eigenvalue weighted by Gasteiger charge is -1.91. The van der Waals surface area contributed by atoms with Gasteiger partial charge in [-0.2, -0.15) is 0 Å². The maximum Gasteiger partial charge on any atom is 0.0325 e. The van der Waals surface area contributed by atoms with Crippen LogP contribution in [0.3, 0.4) is 0 Å². The van der Waals surface area contributed by atoms with Gasteiger partial charge in [0.15, 0.2) is 0 Å². The summed E-state index contributed by atoms with van der Waals surface area (Å²) in [6.07, 6.45) is 3.91. The summed E-state index contributed by atoms with van der Waals surface area (Å²) in [4.78, 5) is 0. The normalized spacial score (nSPS) is 9.29. The summed E-state index contributed by atoms with van der Waals surface area (Å²) in [6.45, 7) is 6.07. The number of allylic oxidation sites excluding steroid dienone is 1. The molecule has 0 aromatic heterocycles. The Morgan fingerprint density at radius 2 is 2.29 bits per heavy atom. The molecule has 0 aliphatic carbocycles. The van der Waals surface area contributed by atoms with Crippen LogP contribution < -0.4 is 0 Å². The second-order valence-electron chi connectivity index (χ2n) is 2.06.